The molecule has 146 valence electrons. The number of fused-ring (bicyclic) bond motifs is 3. The van der Waals surface area contributed by atoms with Gasteiger partial charge in [0, 0.05) is 34.2 Å². The Hall–Kier alpha value is -2.89. The van der Waals surface area contributed by atoms with Gasteiger partial charge in [0.15, 0.2) is 0 Å². The van der Waals surface area contributed by atoms with Gasteiger partial charge in [-0.15, -0.1) is 0 Å². The molecule has 2 aromatic heterocycles. The van der Waals surface area contributed by atoms with Crippen LogP contribution in [0.3, 0.4) is 0 Å². The highest BCUT2D eigenvalue weighted by Gasteiger charge is 2.27. The number of nitrogens with two attached hydrogens (primary N) is 1. The molecule has 3 aromatic rings. The van der Waals surface area contributed by atoms with Crippen molar-refractivity contribution in [1.82, 2.24) is 14.9 Å². The molecule has 6 heteroatoms. The molecule has 1 aromatic carbocycles. The predicted molar refractivity (Wildman–Crippen MR) is 108 cm³/mol. The minimum absolute atomic E-state index is 0.0251. The molecule has 0 saturated heterocycles. The van der Waals surface area contributed by atoms with Crippen LogP contribution in [0.25, 0.3) is 10.9 Å². The topological polar surface area (TPSA) is 72.9 Å². The molecule has 1 atom stereocenters. The fraction of sp³-hybridized carbons (Fsp3) is 0.364. The van der Waals surface area contributed by atoms with Crippen LogP contribution in [0.4, 0.5) is 10.1 Å². The van der Waals surface area contributed by atoms with E-state index in [0.717, 1.165) is 41.5 Å². The molecule has 0 saturated carbocycles. The van der Waals surface area contributed by atoms with Crippen LogP contribution in [0.15, 0.2) is 36.5 Å². The molecule has 1 aliphatic carbocycles. The molecule has 2 heterocycles. The van der Waals surface area contributed by atoms with Gasteiger partial charge in [-0.05, 0) is 55.2 Å². The lowest BCUT2D eigenvalue weighted by Crippen LogP contribution is -2.41. The number of nitrogens with one attached hydrogen (secondary N) is 1. The Balaban J connectivity index is 1.72. The van der Waals surface area contributed by atoms with E-state index in [1.165, 1.54) is 23.5 Å². The third-order valence-corrected chi connectivity index (χ3v) is 5.47. The van der Waals surface area contributed by atoms with Crippen molar-refractivity contribution in [3.05, 3.63) is 59.3 Å². The number of nitrogens with zero attached hydrogens (tertiary/aromatic N) is 2. The number of hydrogen-bond acceptors (Lipinski definition) is 3. The van der Waals surface area contributed by atoms with E-state index < -0.39 is 0 Å². The van der Waals surface area contributed by atoms with Crippen molar-refractivity contribution in [2.75, 3.05) is 5.73 Å². The summed E-state index contributed by atoms with van der Waals surface area (Å²) in [6.07, 6.45) is 3.81. The van der Waals surface area contributed by atoms with Crippen LogP contribution in [-0.2, 0) is 24.2 Å². The second kappa shape index (κ2) is 7.26. The summed E-state index contributed by atoms with van der Waals surface area (Å²) in [6, 6.07) is 9.24. The van der Waals surface area contributed by atoms with Crippen LogP contribution < -0.4 is 11.1 Å². The standard InChI is InChI=1S/C22H25FN4O/c1-13(2)22(28)26-16-6-8-21-19(10-16)18-9-15(24)4-7-20(18)27(21)12-17-5-3-14(23)11-25-17/h3-5,7,9,11,13,16H,6,8,10,12,24H2,1-2H3,(H,26,28). The Morgan fingerprint density at radius 1 is 1.36 bits per heavy atom. The van der Waals surface area contributed by atoms with Gasteiger partial charge in [0.25, 0.3) is 0 Å². The zero-order valence-electron chi connectivity index (χ0n) is 16.2. The summed E-state index contributed by atoms with van der Waals surface area (Å²) in [5.41, 5.74) is 11.2. The maximum absolute atomic E-state index is 13.2. The Labute approximate surface area is 163 Å². The molecular weight excluding hydrogens is 355 g/mol. The molecule has 0 fully saturated rings. The summed E-state index contributed by atoms with van der Waals surface area (Å²) >= 11 is 0. The summed E-state index contributed by atoms with van der Waals surface area (Å²) in [5.74, 6) is -0.269. The Morgan fingerprint density at radius 2 is 2.18 bits per heavy atom. The first-order valence-electron chi connectivity index (χ1n) is 9.72. The average molecular weight is 380 g/mol. The first-order chi connectivity index (χ1) is 13.4. The Kier molecular flexibility index (Phi) is 4.79. The average Bonchev–Trinajstić information content (AvgIpc) is 2.96. The third kappa shape index (κ3) is 3.46. The highest BCUT2D eigenvalue weighted by atomic mass is 19.1. The number of hydrogen-bond donors (Lipinski definition) is 2. The van der Waals surface area contributed by atoms with Crippen molar-refractivity contribution in [3.63, 3.8) is 0 Å². The van der Waals surface area contributed by atoms with E-state index in [1.807, 2.05) is 32.0 Å². The highest BCUT2D eigenvalue weighted by Crippen LogP contribution is 2.34. The van der Waals surface area contributed by atoms with Gasteiger partial charge >= 0.3 is 0 Å². The first kappa shape index (κ1) is 18.5. The second-order valence-electron chi connectivity index (χ2n) is 7.86. The van der Waals surface area contributed by atoms with Crippen LogP contribution in [0.5, 0.6) is 0 Å². The number of pyridine rings is 1. The third-order valence-electron chi connectivity index (χ3n) is 5.47. The lowest BCUT2D eigenvalue weighted by Gasteiger charge is -2.26. The molecule has 1 amide bonds. The molecule has 0 aliphatic heterocycles. The maximum atomic E-state index is 13.2. The number of carbonyl (C=O) groups is 1. The lowest BCUT2D eigenvalue weighted by molar-refractivity contribution is -0.124. The lowest BCUT2D eigenvalue weighted by atomic mass is 9.91. The van der Waals surface area contributed by atoms with E-state index in [1.54, 1.807) is 6.07 Å². The van der Waals surface area contributed by atoms with Crippen LogP contribution in [0.1, 0.15) is 37.2 Å². The van der Waals surface area contributed by atoms with Crippen molar-refractivity contribution in [1.29, 1.82) is 0 Å². The van der Waals surface area contributed by atoms with Gasteiger partial charge in [-0.25, -0.2) is 4.39 Å². The summed E-state index contributed by atoms with van der Waals surface area (Å²) < 4.78 is 15.5. The van der Waals surface area contributed by atoms with Crippen molar-refractivity contribution < 1.29 is 9.18 Å². The zero-order chi connectivity index (χ0) is 19.8. The van der Waals surface area contributed by atoms with Crippen LogP contribution in [-0.4, -0.2) is 21.5 Å². The van der Waals surface area contributed by atoms with E-state index in [9.17, 15) is 9.18 Å². The van der Waals surface area contributed by atoms with Crippen LogP contribution in [0.2, 0.25) is 0 Å². The number of amides is 1. The van der Waals surface area contributed by atoms with E-state index in [0.29, 0.717) is 6.54 Å². The number of nitrogen functional groups attached to an aromatic ring is 1. The molecule has 0 bridgehead atoms. The second-order valence-corrected chi connectivity index (χ2v) is 7.86. The van der Waals surface area contributed by atoms with E-state index in [4.69, 9.17) is 5.73 Å². The van der Waals surface area contributed by atoms with Gasteiger partial charge in [0.05, 0.1) is 18.4 Å². The zero-order valence-corrected chi connectivity index (χ0v) is 16.2. The molecule has 28 heavy (non-hydrogen) atoms. The van der Waals surface area contributed by atoms with Gasteiger partial charge in [-0.3, -0.25) is 9.78 Å². The monoisotopic (exact) mass is 380 g/mol. The smallest absolute Gasteiger partial charge is 0.222 e. The first-order valence-corrected chi connectivity index (χ1v) is 9.72. The number of aromatic nitrogens is 2. The van der Waals surface area contributed by atoms with Gasteiger partial charge in [0.2, 0.25) is 5.91 Å². The summed E-state index contributed by atoms with van der Waals surface area (Å²) in [4.78, 5) is 16.4. The fourth-order valence-electron chi connectivity index (χ4n) is 4.00. The van der Waals surface area contributed by atoms with E-state index in [-0.39, 0.29) is 23.7 Å². The van der Waals surface area contributed by atoms with Gasteiger partial charge < -0.3 is 15.6 Å². The summed E-state index contributed by atoms with van der Waals surface area (Å²) in [7, 11) is 0. The van der Waals surface area contributed by atoms with Crippen molar-refractivity contribution in [2.24, 2.45) is 5.92 Å². The van der Waals surface area contributed by atoms with Crippen molar-refractivity contribution in [3.8, 4) is 0 Å². The molecule has 0 spiro atoms. The number of carbonyl (C=O) groups excluding carboxylic acids is 1. The number of rotatable bonds is 4. The Bertz CT molecular complexity index is 1020. The molecule has 1 aliphatic rings. The SMILES string of the molecule is CC(C)C(=O)NC1CCc2c(c3cc(N)ccc3n2Cc2ccc(F)cn2)C1. The molecular formula is C22H25FN4O. The predicted octanol–water partition coefficient (Wildman–Crippen LogP) is 3.44. The van der Waals surface area contributed by atoms with Gasteiger partial charge in [0.1, 0.15) is 5.82 Å². The van der Waals surface area contributed by atoms with Crippen molar-refractivity contribution in [2.45, 2.75) is 45.7 Å². The molecule has 4 rings (SSSR count). The number of halogens is 1. The number of benzene rings is 1. The largest absolute Gasteiger partial charge is 0.399 e. The van der Waals surface area contributed by atoms with Crippen LogP contribution >= 0.6 is 0 Å². The highest BCUT2D eigenvalue weighted by molar-refractivity contribution is 5.89. The van der Waals surface area contributed by atoms with E-state index >= 15 is 0 Å². The van der Waals surface area contributed by atoms with Gasteiger partial charge in [-0.1, -0.05) is 13.8 Å². The summed E-state index contributed by atoms with van der Waals surface area (Å²) in [6.45, 7) is 4.40. The molecule has 5 nitrogen and oxygen atoms in total. The van der Waals surface area contributed by atoms with Crippen LogP contribution in [0, 0.1) is 11.7 Å². The summed E-state index contributed by atoms with van der Waals surface area (Å²) in [5, 5.41) is 4.30. The minimum atomic E-state index is -0.334. The number of anilines is 1. The normalized spacial score (nSPS) is 16.4. The molecule has 3 N–H and O–H groups in total. The molecule has 1 unspecified atom stereocenters. The van der Waals surface area contributed by atoms with Gasteiger partial charge in [-0.2, -0.15) is 0 Å². The molecule has 0 radical (unpaired) electrons. The van der Waals surface area contributed by atoms with E-state index in [2.05, 4.69) is 14.9 Å². The Morgan fingerprint density at radius 3 is 2.89 bits per heavy atom. The quantitative estimate of drug-likeness (QED) is 0.681. The minimum Gasteiger partial charge on any atom is -0.399 e. The van der Waals surface area contributed by atoms with Crippen molar-refractivity contribution >= 4 is 22.5 Å². The fourth-order valence-corrected chi connectivity index (χ4v) is 4.00. The maximum Gasteiger partial charge on any atom is 0.222 e.